The lowest BCUT2D eigenvalue weighted by atomic mass is 10.0. The zero-order chi connectivity index (χ0) is 19.5. The van der Waals surface area contributed by atoms with Gasteiger partial charge in [0.2, 0.25) is 0 Å². The summed E-state index contributed by atoms with van der Waals surface area (Å²) in [7, 11) is 0. The van der Waals surface area contributed by atoms with Crippen molar-refractivity contribution in [1.29, 1.82) is 0 Å². The average Bonchev–Trinajstić information content (AvgIpc) is 3.20. The summed E-state index contributed by atoms with van der Waals surface area (Å²) in [4.78, 5) is 21.6. The third-order valence-corrected chi connectivity index (χ3v) is 4.90. The van der Waals surface area contributed by atoms with Crippen LogP contribution in [0.4, 0.5) is 5.82 Å². The molecule has 4 rings (SSSR count). The SMILES string of the molecule is CC(O)c1onc(-c2ccccc2)c1C(=O)N1CCN(c2ccccn2)CC1. The van der Waals surface area contributed by atoms with Gasteiger partial charge in [0.15, 0.2) is 5.76 Å². The van der Waals surface area contributed by atoms with Crippen LogP contribution in [0, 0.1) is 0 Å². The summed E-state index contributed by atoms with van der Waals surface area (Å²) in [6, 6.07) is 15.2. The van der Waals surface area contributed by atoms with Crippen molar-refractivity contribution in [3.63, 3.8) is 0 Å². The predicted molar refractivity (Wildman–Crippen MR) is 105 cm³/mol. The first kappa shape index (κ1) is 18.2. The van der Waals surface area contributed by atoms with Gasteiger partial charge >= 0.3 is 0 Å². The Bertz CT molecular complexity index is 933. The molecule has 1 N–H and O–H groups in total. The molecular formula is C21H22N4O3. The number of hydrogen-bond acceptors (Lipinski definition) is 6. The zero-order valence-corrected chi connectivity index (χ0v) is 15.7. The maximum Gasteiger partial charge on any atom is 0.259 e. The largest absolute Gasteiger partial charge is 0.385 e. The van der Waals surface area contributed by atoms with Crippen molar-refractivity contribution in [3.8, 4) is 11.3 Å². The molecule has 1 saturated heterocycles. The molecule has 1 aliphatic heterocycles. The normalized spacial score (nSPS) is 15.5. The van der Waals surface area contributed by atoms with Crippen LogP contribution in [-0.2, 0) is 0 Å². The number of aliphatic hydroxyl groups excluding tert-OH is 1. The van der Waals surface area contributed by atoms with Crippen LogP contribution in [0.2, 0.25) is 0 Å². The number of rotatable bonds is 4. The molecule has 144 valence electrons. The number of aliphatic hydroxyl groups is 1. The third-order valence-electron chi connectivity index (χ3n) is 4.90. The minimum absolute atomic E-state index is 0.170. The van der Waals surface area contributed by atoms with E-state index in [0.29, 0.717) is 37.4 Å². The molecule has 7 heteroatoms. The summed E-state index contributed by atoms with van der Waals surface area (Å²) >= 11 is 0. The quantitative estimate of drug-likeness (QED) is 0.752. The predicted octanol–water partition coefficient (Wildman–Crippen LogP) is 2.75. The van der Waals surface area contributed by atoms with E-state index in [4.69, 9.17) is 4.52 Å². The smallest absolute Gasteiger partial charge is 0.259 e. The second-order valence-corrected chi connectivity index (χ2v) is 6.78. The molecule has 0 spiro atoms. The standard InChI is InChI=1S/C21H22N4O3/c1-15(26)20-18(19(23-28-20)16-7-3-2-4-8-16)21(27)25-13-11-24(12-14-25)17-9-5-6-10-22-17/h2-10,15,26H,11-14H2,1H3. The van der Waals surface area contributed by atoms with Gasteiger partial charge in [0.1, 0.15) is 23.2 Å². The van der Waals surface area contributed by atoms with Crippen molar-refractivity contribution in [1.82, 2.24) is 15.0 Å². The van der Waals surface area contributed by atoms with Gasteiger partial charge in [-0.05, 0) is 19.1 Å². The van der Waals surface area contributed by atoms with Gasteiger partial charge in [0.05, 0.1) is 0 Å². The summed E-state index contributed by atoms with van der Waals surface area (Å²) in [6.07, 6.45) is 0.851. The van der Waals surface area contributed by atoms with E-state index >= 15 is 0 Å². The second-order valence-electron chi connectivity index (χ2n) is 6.78. The van der Waals surface area contributed by atoms with Crippen molar-refractivity contribution >= 4 is 11.7 Å². The first-order chi connectivity index (χ1) is 13.6. The first-order valence-electron chi connectivity index (χ1n) is 9.33. The van der Waals surface area contributed by atoms with E-state index in [1.54, 1.807) is 18.0 Å². The highest BCUT2D eigenvalue weighted by atomic mass is 16.5. The fraction of sp³-hybridized carbons (Fsp3) is 0.286. The molecule has 3 heterocycles. The number of carbonyl (C=O) groups excluding carboxylic acids is 1. The molecule has 0 saturated carbocycles. The van der Waals surface area contributed by atoms with E-state index in [9.17, 15) is 9.90 Å². The Balaban J connectivity index is 1.58. The molecule has 1 fully saturated rings. The van der Waals surface area contributed by atoms with Crippen LogP contribution < -0.4 is 4.90 Å². The molecule has 1 atom stereocenters. The van der Waals surface area contributed by atoms with Crippen LogP contribution in [0.1, 0.15) is 29.1 Å². The molecule has 3 aromatic rings. The number of anilines is 1. The van der Waals surface area contributed by atoms with Crippen molar-refractivity contribution in [2.75, 3.05) is 31.1 Å². The summed E-state index contributed by atoms with van der Waals surface area (Å²) in [6.45, 7) is 4.09. The highest BCUT2D eigenvalue weighted by Crippen LogP contribution is 2.30. The molecule has 1 amide bonds. The van der Waals surface area contributed by atoms with E-state index < -0.39 is 6.10 Å². The maximum atomic E-state index is 13.3. The van der Waals surface area contributed by atoms with Gasteiger partial charge in [-0.15, -0.1) is 0 Å². The van der Waals surface area contributed by atoms with Crippen molar-refractivity contribution < 1.29 is 14.4 Å². The molecule has 1 aromatic carbocycles. The fourth-order valence-corrected chi connectivity index (χ4v) is 3.43. The molecule has 0 aliphatic carbocycles. The molecular weight excluding hydrogens is 356 g/mol. The molecule has 2 aromatic heterocycles. The van der Waals surface area contributed by atoms with E-state index in [0.717, 1.165) is 11.4 Å². The van der Waals surface area contributed by atoms with Gasteiger partial charge in [0, 0.05) is 37.9 Å². The summed E-state index contributed by atoms with van der Waals surface area (Å²) < 4.78 is 5.35. The number of aromatic nitrogens is 2. The Morgan fingerprint density at radius 1 is 1.07 bits per heavy atom. The van der Waals surface area contributed by atoms with Gasteiger partial charge in [-0.25, -0.2) is 4.98 Å². The number of carbonyl (C=O) groups is 1. The minimum atomic E-state index is -0.918. The van der Waals surface area contributed by atoms with Gasteiger partial charge in [-0.2, -0.15) is 0 Å². The number of pyridine rings is 1. The first-order valence-corrected chi connectivity index (χ1v) is 9.33. The molecule has 28 heavy (non-hydrogen) atoms. The van der Waals surface area contributed by atoms with Gasteiger partial charge in [-0.1, -0.05) is 41.6 Å². The van der Waals surface area contributed by atoms with Gasteiger partial charge in [0.25, 0.3) is 5.91 Å². The lowest BCUT2D eigenvalue weighted by molar-refractivity contribution is 0.0735. The summed E-state index contributed by atoms with van der Waals surface area (Å²) in [5, 5.41) is 14.2. The highest BCUT2D eigenvalue weighted by Gasteiger charge is 2.31. The lowest BCUT2D eigenvalue weighted by Gasteiger charge is -2.35. The minimum Gasteiger partial charge on any atom is -0.385 e. The van der Waals surface area contributed by atoms with Crippen molar-refractivity contribution in [2.45, 2.75) is 13.0 Å². The Hall–Kier alpha value is -3.19. The Morgan fingerprint density at radius 3 is 2.43 bits per heavy atom. The topological polar surface area (TPSA) is 82.7 Å². The van der Waals surface area contributed by atoms with E-state index in [-0.39, 0.29) is 11.7 Å². The monoisotopic (exact) mass is 378 g/mol. The number of piperazine rings is 1. The van der Waals surface area contributed by atoms with Crippen LogP contribution in [0.15, 0.2) is 59.3 Å². The van der Waals surface area contributed by atoms with Crippen LogP contribution in [0.25, 0.3) is 11.3 Å². The number of nitrogens with zero attached hydrogens (tertiary/aromatic N) is 4. The van der Waals surface area contributed by atoms with E-state index in [2.05, 4.69) is 15.0 Å². The molecule has 7 nitrogen and oxygen atoms in total. The van der Waals surface area contributed by atoms with Crippen molar-refractivity contribution in [2.24, 2.45) is 0 Å². The van der Waals surface area contributed by atoms with Crippen molar-refractivity contribution in [3.05, 3.63) is 66.1 Å². The lowest BCUT2D eigenvalue weighted by Crippen LogP contribution is -2.49. The van der Waals surface area contributed by atoms with Gasteiger partial charge in [-0.3, -0.25) is 4.79 Å². The second kappa shape index (κ2) is 7.82. The summed E-state index contributed by atoms with van der Waals surface area (Å²) in [5.74, 6) is 0.946. The number of amides is 1. The average molecular weight is 378 g/mol. The van der Waals surface area contributed by atoms with E-state index in [1.807, 2.05) is 48.5 Å². The maximum absolute atomic E-state index is 13.3. The number of benzene rings is 1. The fourth-order valence-electron chi connectivity index (χ4n) is 3.43. The van der Waals surface area contributed by atoms with E-state index in [1.165, 1.54) is 0 Å². The highest BCUT2D eigenvalue weighted by molar-refractivity contribution is 6.01. The molecule has 0 radical (unpaired) electrons. The van der Waals surface area contributed by atoms with Crippen LogP contribution in [0.5, 0.6) is 0 Å². The zero-order valence-electron chi connectivity index (χ0n) is 15.7. The molecule has 1 aliphatic rings. The van der Waals surface area contributed by atoms with Crippen LogP contribution in [0.3, 0.4) is 0 Å². The Labute approximate surface area is 163 Å². The Morgan fingerprint density at radius 2 is 1.79 bits per heavy atom. The molecule has 0 bridgehead atoms. The Kier molecular flexibility index (Phi) is 5.08. The van der Waals surface area contributed by atoms with Crippen LogP contribution >= 0.6 is 0 Å². The summed E-state index contributed by atoms with van der Waals surface area (Å²) in [5.41, 5.74) is 1.59. The van der Waals surface area contributed by atoms with Crippen LogP contribution in [-0.4, -0.2) is 52.2 Å². The third kappa shape index (κ3) is 3.48. The van der Waals surface area contributed by atoms with Gasteiger partial charge < -0.3 is 19.4 Å². The number of hydrogen-bond donors (Lipinski definition) is 1. The molecule has 1 unspecified atom stereocenters.